The molecule has 1 aromatic carbocycles. The van der Waals surface area contributed by atoms with Crippen LogP contribution in [0.4, 0.5) is 4.39 Å². The SMILES string of the molecule is CC(Cc1cccc(C(C)(C)F)c1)C(=O)O. The van der Waals surface area contributed by atoms with Crippen molar-refractivity contribution >= 4 is 5.97 Å². The molecule has 1 N–H and O–H groups in total. The van der Waals surface area contributed by atoms with E-state index in [0.717, 1.165) is 5.56 Å². The van der Waals surface area contributed by atoms with Crippen LogP contribution >= 0.6 is 0 Å². The van der Waals surface area contributed by atoms with Crippen molar-refractivity contribution in [2.45, 2.75) is 32.9 Å². The average Bonchev–Trinajstić information content (AvgIpc) is 2.16. The molecule has 1 aromatic rings. The summed E-state index contributed by atoms with van der Waals surface area (Å²) in [5, 5.41) is 8.80. The Balaban J connectivity index is 2.87. The van der Waals surface area contributed by atoms with Gasteiger partial charge in [-0.1, -0.05) is 31.2 Å². The van der Waals surface area contributed by atoms with E-state index in [0.29, 0.717) is 12.0 Å². The quantitative estimate of drug-likeness (QED) is 0.853. The minimum atomic E-state index is -1.39. The Kier molecular flexibility index (Phi) is 3.68. The Morgan fingerprint density at radius 2 is 2.12 bits per heavy atom. The van der Waals surface area contributed by atoms with Crippen LogP contribution in [0.25, 0.3) is 0 Å². The maximum Gasteiger partial charge on any atom is 0.306 e. The average molecular weight is 224 g/mol. The lowest BCUT2D eigenvalue weighted by Crippen LogP contribution is -2.13. The molecule has 0 aliphatic rings. The van der Waals surface area contributed by atoms with E-state index in [1.54, 1.807) is 25.1 Å². The highest BCUT2D eigenvalue weighted by Gasteiger charge is 2.19. The highest BCUT2D eigenvalue weighted by atomic mass is 19.1. The van der Waals surface area contributed by atoms with Crippen molar-refractivity contribution < 1.29 is 14.3 Å². The van der Waals surface area contributed by atoms with Crippen LogP contribution in [0, 0.1) is 5.92 Å². The first-order valence-electron chi connectivity index (χ1n) is 5.32. The van der Waals surface area contributed by atoms with E-state index < -0.39 is 17.6 Å². The Bertz CT molecular complexity index is 380. The lowest BCUT2D eigenvalue weighted by atomic mass is 9.94. The number of hydrogen-bond acceptors (Lipinski definition) is 1. The summed E-state index contributed by atoms with van der Waals surface area (Å²) in [6.45, 7) is 4.63. The predicted octanol–water partition coefficient (Wildman–Crippen LogP) is 3.15. The standard InChI is InChI=1S/C13H17FO2/c1-9(12(15)16)7-10-5-4-6-11(8-10)13(2,3)14/h4-6,8-9H,7H2,1-3H3,(H,15,16). The smallest absolute Gasteiger partial charge is 0.306 e. The van der Waals surface area contributed by atoms with Gasteiger partial charge in [-0.05, 0) is 31.4 Å². The van der Waals surface area contributed by atoms with Crippen molar-refractivity contribution in [1.82, 2.24) is 0 Å². The van der Waals surface area contributed by atoms with Crippen LogP contribution in [0.3, 0.4) is 0 Å². The van der Waals surface area contributed by atoms with E-state index in [9.17, 15) is 9.18 Å². The largest absolute Gasteiger partial charge is 0.481 e. The first kappa shape index (κ1) is 12.7. The van der Waals surface area contributed by atoms with Crippen molar-refractivity contribution in [3.63, 3.8) is 0 Å². The molecule has 88 valence electrons. The molecule has 0 saturated carbocycles. The number of hydrogen-bond donors (Lipinski definition) is 1. The van der Waals surface area contributed by atoms with Gasteiger partial charge >= 0.3 is 5.97 Å². The fourth-order valence-electron chi connectivity index (χ4n) is 1.51. The molecule has 0 fully saturated rings. The van der Waals surface area contributed by atoms with Crippen LogP contribution in [-0.2, 0) is 16.9 Å². The van der Waals surface area contributed by atoms with Gasteiger partial charge in [-0.2, -0.15) is 0 Å². The number of rotatable bonds is 4. The van der Waals surface area contributed by atoms with Gasteiger partial charge in [0.1, 0.15) is 5.67 Å². The second kappa shape index (κ2) is 4.64. The molecule has 0 aliphatic heterocycles. The fourth-order valence-corrected chi connectivity index (χ4v) is 1.51. The number of aliphatic carboxylic acids is 1. The predicted molar refractivity (Wildman–Crippen MR) is 61.1 cm³/mol. The van der Waals surface area contributed by atoms with Gasteiger partial charge in [0.25, 0.3) is 0 Å². The third-order valence-electron chi connectivity index (χ3n) is 2.58. The molecule has 2 nitrogen and oxygen atoms in total. The van der Waals surface area contributed by atoms with E-state index in [4.69, 9.17) is 5.11 Å². The molecule has 1 atom stereocenters. The molecule has 1 rings (SSSR count). The molecule has 0 bridgehead atoms. The normalized spacial score (nSPS) is 13.5. The summed E-state index contributed by atoms with van der Waals surface area (Å²) in [6, 6.07) is 7.05. The van der Waals surface area contributed by atoms with Crippen LogP contribution in [0.15, 0.2) is 24.3 Å². The molecule has 0 aromatic heterocycles. The second-order valence-corrected chi connectivity index (χ2v) is 4.62. The van der Waals surface area contributed by atoms with E-state index in [-0.39, 0.29) is 0 Å². The third-order valence-corrected chi connectivity index (χ3v) is 2.58. The molecule has 1 unspecified atom stereocenters. The lowest BCUT2D eigenvalue weighted by Gasteiger charge is -2.16. The van der Waals surface area contributed by atoms with Crippen LogP contribution in [0.5, 0.6) is 0 Å². The molecular formula is C13H17FO2. The van der Waals surface area contributed by atoms with Crippen LogP contribution < -0.4 is 0 Å². The van der Waals surface area contributed by atoms with Gasteiger partial charge in [0.2, 0.25) is 0 Å². The number of carbonyl (C=O) groups is 1. The zero-order chi connectivity index (χ0) is 12.3. The molecule has 0 spiro atoms. The van der Waals surface area contributed by atoms with E-state index in [2.05, 4.69) is 0 Å². The zero-order valence-electron chi connectivity index (χ0n) is 9.83. The molecular weight excluding hydrogens is 207 g/mol. The summed E-state index contributed by atoms with van der Waals surface area (Å²) < 4.78 is 13.7. The summed E-state index contributed by atoms with van der Waals surface area (Å²) in [5.74, 6) is -1.28. The van der Waals surface area contributed by atoms with E-state index in [1.165, 1.54) is 13.8 Å². The highest BCUT2D eigenvalue weighted by Crippen LogP contribution is 2.25. The molecule has 0 amide bonds. The Hall–Kier alpha value is -1.38. The Labute approximate surface area is 95.1 Å². The maximum atomic E-state index is 13.7. The van der Waals surface area contributed by atoms with Crippen LogP contribution in [-0.4, -0.2) is 11.1 Å². The molecule has 3 heteroatoms. The van der Waals surface area contributed by atoms with E-state index >= 15 is 0 Å². The van der Waals surface area contributed by atoms with Gasteiger partial charge in [0.15, 0.2) is 0 Å². The number of carboxylic acids is 1. The Morgan fingerprint density at radius 3 is 2.62 bits per heavy atom. The molecule has 0 saturated heterocycles. The zero-order valence-corrected chi connectivity index (χ0v) is 9.83. The number of halogens is 1. The lowest BCUT2D eigenvalue weighted by molar-refractivity contribution is -0.141. The van der Waals surface area contributed by atoms with Crippen molar-refractivity contribution in [2.24, 2.45) is 5.92 Å². The van der Waals surface area contributed by atoms with Gasteiger partial charge in [0.05, 0.1) is 5.92 Å². The summed E-state index contributed by atoms with van der Waals surface area (Å²) in [5.41, 5.74) is 0.0587. The van der Waals surface area contributed by atoms with Crippen molar-refractivity contribution in [2.75, 3.05) is 0 Å². The maximum absolute atomic E-state index is 13.7. The molecule has 0 radical (unpaired) electrons. The second-order valence-electron chi connectivity index (χ2n) is 4.62. The third kappa shape index (κ3) is 3.33. The summed E-state index contributed by atoms with van der Waals surface area (Å²) in [4.78, 5) is 10.7. The van der Waals surface area contributed by atoms with Gasteiger partial charge in [-0.25, -0.2) is 4.39 Å². The number of carboxylic acid groups (broad SMARTS) is 1. The molecule has 0 heterocycles. The van der Waals surface area contributed by atoms with Gasteiger partial charge in [-0.15, -0.1) is 0 Å². The van der Waals surface area contributed by atoms with Crippen molar-refractivity contribution in [1.29, 1.82) is 0 Å². The van der Waals surface area contributed by atoms with Crippen molar-refractivity contribution in [3.05, 3.63) is 35.4 Å². The van der Waals surface area contributed by atoms with Crippen LogP contribution in [0.2, 0.25) is 0 Å². The van der Waals surface area contributed by atoms with Gasteiger partial charge in [0, 0.05) is 0 Å². The Morgan fingerprint density at radius 1 is 1.50 bits per heavy atom. The molecule has 0 aliphatic carbocycles. The van der Waals surface area contributed by atoms with E-state index in [1.807, 2.05) is 6.07 Å². The minimum absolute atomic E-state index is 0.430. The first-order chi connectivity index (χ1) is 7.30. The number of alkyl halides is 1. The summed E-state index contributed by atoms with van der Waals surface area (Å²) in [7, 11) is 0. The molecule has 16 heavy (non-hydrogen) atoms. The summed E-state index contributed by atoms with van der Waals surface area (Å²) >= 11 is 0. The summed E-state index contributed by atoms with van der Waals surface area (Å²) in [6.07, 6.45) is 0.430. The van der Waals surface area contributed by atoms with Crippen LogP contribution in [0.1, 0.15) is 31.9 Å². The fraction of sp³-hybridized carbons (Fsp3) is 0.462. The van der Waals surface area contributed by atoms with Gasteiger partial charge in [-0.3, -0.25) is 4.79 Å². The minimum Gasteiger partial charge on any atom is -0.481 e. The first-order valence-corrected chi connectivity index (χ1v) is 5.32. The topological polar surface area (TPSA) is 37.3 Å². The van der Waals surface area contributed by atoms with Gasteiger partial charge < -0.3 is 5.11 Å². The van der Waals surface area contributed by atoms with Crippen molar-refractivity contribution in [3.8, 4) is 0 Å². The number of benzene rings is 1. The highest BCUT2D eigenvalue weighted by molar-refractivity contribution is 5.69. The monoisotopic (exact) mass is 224 g/mol.